The molecule has 0 saturated heterocycles. The number of hydrogen-bond donors (Lipinski definition) is 1. The van der Waals surface area contributed by atoms with E-state index in [4.69, 9.17) is 0 Å². The fourth-order valence-electron chi connectivity index (χ4n) is 1.58. The zero-order valence-corrected chi connectivity index (χ0v) is 8.64. The summed E-state index contributed by atoms with van der Waals surface area (Å²) < 4.78 is 0. The second kappa shape index (κ2) is 4.13. The molecule has 1 N–H and O–H groups in total. The van der Waals surface area contributed by atoms with Crippen molar-refractivity contribution in [1.82, 2.24) is 4.98 Å². The van der Waals surface area contributed by atoms with E-state index in [1.165, 1.54) is 0 Å². The number of benzene rings is 1. The van der Waals surface area contributed by atoms with Crippen molar-refractivity contribution in [2.24, 2.45) is 0 Å². The maximum atomic E-state index is 9.68. The predicted octanol–water partition coefficient (Wildman–Crippen LogP) is 2.69. The number of aromatic hydroxyl groups is 1. The first kappa shape index (κ1) is 9.71. The lowest BCUT2D eigenvalue weighted by molar-refractivity contribution is 0.469. The third kappa shape index (κ3) is 2.34. The molecule has 0 saturated carbocycles. The van der Waals surface area contributed by atoms with Crippen LogP contribution in [-0.4, -0.2) is 10.1 Å². The molecule has 1 aromatic carbocycles. The molecule has 2 nitrogen and oxygen atoms in total. The topological polar surface area (TPSA) is 33.1 Å². The van der Waals surface area contributed by atoms with Crippen molar-refractivity contribution >= 4 is 0 Å². The van der Waals surface area contributed by atoms with Gasteiger partial charge in [-0.3, -0.25) is 4.98 Å². The van der Waals surface area contributed by atoms with E-state index >= 15 is 0 Å². The number of nitrogens with zero attached hydrogens (tertiary/aromatic N) is 1. The van der Waals surface area contributed by atoms with Gasteiger partial charge in [0.15, 0.2) is 0 Å². The monoisotopic (exact) mass is 199 g/mol. The summed E-state index contributed by atoms with van der Waals surface area (Å²) in [5, 5.41) is 9.68. The van der Waals surface area contributed by atoms with Crippen molar-refractivity contribution in [2.45, 2.75) is 13.3 Å². The quantitative estimate of drug-likeness (QED) is 0.806. The molecule has 15 heavy (non-hydrogen) atoms. The molecule has 0 aliphatic heterocycles. The summed E-state index contributed by atoms with van der Waals surface area (Å²) in [4.78, 5) is 4.05. The van der Waals surface area contributed by atoms with Crippen LogP contribution in [0.4, 0.5) is 0 Å². The summed E-state index contributed by atoms with van der Waals surface area (Å²) in [6.45, 7) is 2.02. The number of aromatic nitrogens is 1. The number of aryl methyl sites for hydroxylation is 1. The van der Waals surface area contributed by atoms with Crippen LogP contribution in [0.1, 0.15) is 16.7 Å². The molecule has 2 aromatic rings. The van der Waals surface area contributed by atoms with Gasteiger partial charge in [0.2, 0.25) is 0 Å². The summed E-state index contributed by atoms with van der Waals surface area (Å²) in [6, 6.07) is 9.56. The second-order valence-corrected chi connectivity index (χ2v) is 3.67. The molecule has 0 spiro atoms. The van der Waals surface area contributed by atoms with Crippen molar-refractivity contribution in [3.8, 4) is 5.75 Å². The fourth-order valence-corrected chi connectivity index (χ4v) is 1.58. The lowest BCUT2D eigenvalue weighted by atomic mass is 10.0. The van der Waals surface area contributed by atoms with Crippen LogP contribution >= 0.6 is 0 Å². The molecule has 0 amide bonds. The Morgan fingerprint density at radius 3 is 2.87 bits per heavy atom. The predicted molar refractivity (Wildman–Crippen MR) is 59.9 cm³/mol. The zero-order valence-electron chi connectivity index (χ0n) is 8.64. The summed E-state index contributed by atoms with van der Waals surface area (Å²) in [5.41, 5.74) is 3.22. The smallest absolute Gasteiger partial charge is 0.119 e. The van der Waals surface area contributed by atoms with Crippen LogP contribution in [0, 0.1) is 6.92 Å². The number of phenolic OH excluding ortho intramolecular Hbond substituents is 1. The van der Waals surface area contributed by atoms with E-state index in [0.717, 1.165) is 23.1 Å². The molecule has 0 aliphatic carbocycles. The fraction of sp³-hybridized carbons (Fsp3) is 0.154. The van der Waals surface area contributed by atoms with Gasteiger partial charge in [-0.1, -0.05) is 23.8 Å². The third-order valence-electron chi connectivity index (χ3n) is 2.35. The van der Waals surface area contributed by atoms with Gasteiger partial charge in [-0.15, -0.1) is 0 Å². The van der Waals surface area contributed by atoms with E-state index in [2.05, 4.69) is 4.98 Å². The van der Waals surface area contributed by atoms with Crippen molar-refractivity contribution in [2.75, 3.05) is 0 Å². The third-order valence-corrected chi connectivity index (χ3v) is 2.35. The molecule has 1 aromatic heterocycles. The minimum absolute atomic E-state index is 0.351. The SMILES string of the molecule is Cc1ccc(O)c(Cc2cccnc2)c1. The molecule has 2 rings (SSSR count). The van der Waals surface area contributed by atoms with Gasteiger partial charge in [-0.25, -0.2) is 0 Å². The molecule has 0 aliphatic rings. The Hall–Kier alpha value is -1.83. The number of rotatable bonds is 2. The van der Waals surface area contributed by atoms with E-state index in [-0.39, 0.29) is 0 Å². The summed E-state index contributed by atoms with van der Waals surface area (Å²) in [6.07, 6.45) is 4.29. The average molecular weight is 199 g/mol. The molecule has 0 fully saturated rings. The van der Waals surface area contributed by atoms with Gasteiger partial charge in [0.05, 0.1) is 0 Å². The average Bonchev–Trinajstić information content (AvgIpc) is 2.25. The maximum absolute atomic E-state index is 9.68. The molecule has 0 radical (unpaired) electrons. The van der Waals surface area contributed by atoms with E-state index in [1.54, 1.807) is 12.3 Å². The van der Waals surface area contributed by atoms with Gasteiger partial charge >= 0.3 is 0 Å². The van der Waals surface area contributed by atoms with Crippen LogP contribution in [-0.2, 0) is 6.42 Å². The van der Waals surface area contributed by atoms with Gasteiger partial charge in [-0.05, 0) is 30.2 Å². The lowest BCUT2D eigenvalue weighted by Gasteiger charge is -2.05. The Morgan fingerprint density at radius 2 is 2.13 bits per heavy atom. The minimum Gasteiger partial charge on any atom is -0.508 e. The van der Waals surface area contributed by atoms with Gasteiger partial charge < -0.3 is 5.11 Å². The highest BCUT2D eigenvalue weighted by atomic mass is 16.3. The van der Waals surface area contributed by atoms with E-state index in [0.29, 0.717) is 5.75 Å². The molecule has 76 valence electrons. The molecular formula is C13H13NO. The van der Waals surface area contributed by atoms with Gasteiger partial charge in [-0.2, -0.15) is 0 Å². The first-order chi connectivity index (χ1) is 7.25. The lowest BCUT2D eigenvalue weighted by Crippen LogP contribution is -1.90. The first-order valence-corrected chi connectivity index (χ1v) is 4.93. The largest absolute Gasteiger partial charge is 0.508 e. The van der Waals surface area contributed by atoms with E-state index in [1.807, 2.05) is 37.4 Å². The number of phenols is 1. The Bertz CT molecular complexity index is 451. The standard InChI is InChI=1S/C13H13NO/c1-10-4-5-13(15)12(7-10)8-11-3-2-6-14-9-11/h2-7,9,15H,8H2,1H3. The van der Waals surface area contributed by atoms with Gasteiger partial charge in [0.25, 0.3) is 0 Å². The zero-order chi connectivity index (χ0) is 10.7. The molecule has 1 heterocycles. The molecule has 2 heteroatoms. The second-order valence-electron chi connectivity index (χ2n) is 3.67. The van der Waals surface area contributed by atoms with Crippen LogP contribution in [0.5, 0.6) is 5.75 Å². The highest BCUT2D eigenvalue weighted by Gasteiger charge is 2.02. The Balaban J connectivity index is 2.28. The Labute approximate surface area is 89.2 Å². The highest BCUT2D eigenvalue weighted by Crippen LogP contribution is 2.21. The molecule has 0 unspecified atom stereocenters. The van der Waals surface area contributed by atoms with Crippen LogP contribution in [0.2, 0.25) is 0 Å². The molecular weight excluding hydrogens is 186 g/mol. The Kier molecular flexibility index (Phi) is 2.68. The van der Waals surface area contributed by atoms with E-state index in [9.17, 15) is 5.11 Å². The van der Waals surface area contributed by atoms with Gasteiger partial charge in [0, 0.05) is 18.8 Å². The molecule has 0 atom stereocenters. The van der Waals surface area contributed by atoms with Crippen molar-refractivity contribution < 1.29 is 5.11 Å². The van der Waals surface area contributed by atoms with Gasteiger partial charge in [0.1, 0.15) is 5.75 Å². The van der Waals surface area contributed by atoms with Crippen molar-refractivity contribution in [1.29, 1.82) is 0 Å². The Morgan fingerprint density at radius 1 is 1.27 bits per heavy atom. The first-order valence-electron chi connectivity index (χ1n) is 4.93. The normalized spacial score (nSPS) is 10.2. The van der Waals surface area contributed by atoms with Crippen LogP contribution in [0.15, 0.2) is 42.7 Å². The highest BCUT2D eigenvalue weighted by molar-refractivity contribution is 5.38. The summed E-state index contributed by atoms with van der Waals surface area (Å²) in [5.74, 6) is 0.351. The minimum atomic E-state index is 0.351. The number of hydrogen-bond acceptors (Lipinski definition) is 2. The van der Waals surface area contributed by atoms with Crippen molar-refractivity contribution in [3.05, 3.63) is 59.4 Å². The van der Waals surface area contributed by atoms with Crippen LogP contribution < -0.4 is 0 Å². The summed E-state index contributed by atoms with van der Waals surface area (Å²) in [7, 11) is 0. The van der Waals surface area contributed by atoms with Crippen molar-refractivity contribution in [3.63, 3.8) is 0 Å². The van der Waals surface area contributed by atoms with E-state index < -0.39 is 0 Å². The van der Waals surface area contributed by atoms with Crippen LogP contribution in [0.25, 0.3) is 0 Å². The maximum Gasteiger partial charge on any atom is 0.119 e. The summed E-state index contributed by atoms with van der Waals surface area (Å²) >= 11 is 0. The van der Waals surface area contributed by atoms with Crippen LogP contribution in [0.3, 0.4) is 0 Å². The number of pyridine rings is 1. The molecule has 0 bridgehead atoms.